The largest absolute Gasteiger partial charge is 0.354 e. The van der Waals surface area contributed by atoms with Crippen LogP contribution in [0.15, 0.2) is 18.3 Å². The molecule has 20 heavy (non-hydrogen) atoms. The van der Waals surface area contributed by atoms with Crippen molar-refractivity contribution in [2.45, 2.75) is 33.2 Å². The van der Waals surface area contributed by atoms with Crippen LogP contribution < -0.4 is 10.2 Å². The fraction of sp³-hybridized carbons (Fsp3) is 0.688. The molecule has 1 aliphatic rings. The fourth-order valence-electron chi connectivity index (χ4n) is 2.75. The van der Waals surface area contributed by atoms with Crippen molar-refractivity contribution in [1.82, 2.24) is 15.2 Å². The highest BCUT2D eigenvalue weighted by atomic mass is 15.3. The molecule has 0 spiro atoms. The first kappa shape index (κ1) is 15.3. The van der Waals surface area contributed by atoms with Gasteiger partial charge in [0, 0.05) is 44.5 Å². The summed E-state index contributed by atoms with van der Waals surface area (Å²) in [6.45, 7) is 12.2. The number of hydrogen-bond donors (Lipinski definition) is 1. The second-order valence-corrected chi connectivity index (χ2v) is 5.49. The van der Waals surface area contributed by atoms with Gasteiger partial charge in [-0.3, -0.25) is 4.90 Å². The summed E-state index contributed by atoms with van der Waals surface area (Å²) >= 11 is 0. The number of rotatable bonds is 7. The maximum Gasteiger partial charge on any atom is 0.133 e. The molecule has 2 heterocycles. The third-order valence-corrected chi connectivity index (χ3v) is 3.82. The molecule has 2 rings (SSSR count). The van der Waals surface area contributed by atoms with Crippen molar-refractivity contribution in [3.8, 4) is 0 Å². The average molecular weight is 276 g/mol. The maximum absolute atomic E-state index is 4.62. The van der Waals surface area contributed by atoms with E-state index in [1.807, 2.05) is 12.3 Å². The van der Waals surface area contributed by atoms with Crippen LogP contribution >= 0.6 is 0 Å². The molecule has 1 N–H and O–H groups in total. The number of hydrogen-bond acceptors (Lipinski definition) is 4. The Bertz CT molecular complexity index is 386. The Hall–Kier alpha value is -1.13. The molecule has 0 radical (unpaired) electrons. The zero-order chi connectivity index (χ0) is 14.2. The van der Waals surface area contributed by atoms with Gasteiger partial charge in [-0.2, -0.15) is 0 Å². The van der Waals surface area contributed by atoms with Crippen molar-refractivity contribution in [2.75, 3.05) is 44.2 Å². The predicted octanol–water partition coefficient (Wildman–Crippen LogP) is 2.11. The topological polar surface area (TPSA) is 31.4 Å². The number of aromatic nitrogens is 1. The van der Waals surface area contributed by atoms with Gasteiger partial charge in [-0.1, -0.05) is 19.9 Å². The maximum atomic E-state index is 4.62. The van der Waals surface area contributed by atoms with Crippen molar-refractivity contribution in [3.05, 3.63) is 23.9 Å². The molecule has 0 unspecified atom stereocenters. The summed E-state index contributed by atoms with van der Waals surface area (Å²) in [5.41, 5.74) is 1.32. The minimum Gasteiger partial charge on any atom is -0.354 e. The van der Waals surface area contributed by atoms with Crippen LogP contribution in [0.2, 0.25) is 0 Å². The first-order chi connectivity index (χ1) is 9.85. The highest BCUT2D eigenvalue weighted by molar-refractivity contribution is 5.47. The van der Waals surface area contributed by atoms with Gasteiger partial charge < -0.3 is 10.2 Å². The van der Waals surface area contributed by atoms with Crippen LogP contribution in [0.4, 0.5) is 5.82 Å². The predicted molar refractivity (Wildman–Crippen MR) is 85.2 cm³/mol. The summed E-state index contributed by atoms with van der Waals surface area (Å²) < 4.78 is 0. The van der Waals surface area contributed by atoms with Crippen LogP contribution in [0.1, 0.15) is 32.3 Å². The lowest BCUT2D eigenvalue weighted by molar-refractivity contribution is 0.258. The highest BCUT2D eigenvalue weighted by Crippen LogP contribution is 2.18. The molecule has 0 aromatic carbocycles. The third-order valence-electron chi connectivity index (χ3n) is 3.82. The van der Waals surface area contributed by atoms with Crippen LogP contribution in [0.25, 0.3) is 0 Å². The molecule has 0 saturated carbocycles. The van der Waals surface area contributed by atoms with E-state index in [1.165, 1.54) is 30.8 Å². The lowest BCUT2D eigenvalue weighted by Gasteiger charge is -2.36. The van der Waals surface area contributed by atoms with E-state index in [2.05, 4.69) is 40.0 Å². The Kier molecular flexibility index (Phi) is 6.27. The molecule has 0 bridgehead atoms. The van der Waals surface area contributed by atoms with Crippen molar-refractivity contribution < 1.29 is 0 Å². The summed E-state index contributed by atoms with van der Waals surface area (Å²) in [5, 5.41) is 3.48. The van der Waals surface area contributed by atoms with Gasteiger partial charge in [0.2, 0.25) is 0 Å². The third kappa shape index (κ3) is 4.18. The van der Waals surface area contributed by atoms with Crippen LogP contribution in [-0.4, -0.2) is 49.2 Å². The highest BCUT2D eigenvalue weighted by Gasteiger charge is 2.19. The van der Waals surface area contributed by atoms with Gasteiger partial charge in [0.05, 0.1) is 0 Å². The molecule has 4 heteroatoms. The number of piperazine rings is 1. The Labute approximate surface area is 123 Å². The molecule has 0 atom stereocenters. The number of nitrogens with one attached hydrogen (secondary N) is 1. The Morgan fingerprint density at radius 2 is 1.95 bits per heavy atom. The molecule has 0 amide bonds. The molecule has 1 aromatic rings. The van der Waals surface area contributed by atoms with E-state index in [4.69, 9.17) is 0 Å². The van der Waals surface area contributed by atoms with Crippen molar-refractivity contribution in [3.63, 3.8) is 0 Å². The lowest BCUT2D eigenvalue weighted by atomic mass is 10.2. The number of anilines is 1. The van der Waals surface area contributed by atoms with Gasteiger partial charge in [-0.05, 0) is 32.0 Å². The number of nitrogens with zero attached hydrogens (tertiary/aromatic N) is 3. The Balaban J connectivity index is 1.95. The summed E-state index contributed by atoms with van der Waals surface area (Å²) in [6.07, 6.45) is 4.33. The summed E-state index contributed by atoms with van der Waals surface area (Å²) in [6, 6.07) is 4.24. The molecule has 1 aliphatic heterocycles. The van der Waals surface area contributed by atoms with Gasteiger partial charge in [0.15, 0.2) is 0 Å². The molecular weight excluding hydrogens is 248 g/mol. The minimum atomic E-state index is 0.923. The van der Waals surface area contributed by atoms with Crippen molar-refractivity contribution in [1.29, 1.82) is 0 Å². The van der Waals surface area contributed by atoms with Gasteiger partial charge in [0.1, 0.15) is 5.82 Å². The van der Waals surface area contributed by atoms with E-state index in [9.17, 15) is 0 Å². The van der Waals surface area contributed by atoms with Crippen LogP contribution in [-0.2, 0) is 6.54 Å². The van der Waals surface area contributed by atoms with Crippen LogP contribution in [0.3, 0.4) is 0 Å². The fourth-order valence-corrected chi connectivity index (χ4v) is 2.75. The van der Waals surface area contributed by atoms with Crippen LogP contribution in [0.5, 0.6) is 0 Å². The molecule has 112 valence electrons. The lowest BCUT2D eigenvalue weighted by Crippen LogP contribution is -2.47. The molecule has 1 aromatic heterocycles. The average Bonchev–Trinajstić information content (AvgIpc) is 2.49. The van der Waals surface area contributed by atoms with Crippen LogP contribution in [0, 0.1) is 0 Å². The summed E-state index contributed by atoms with van der Waals surface area (Å²) in [7, 11) is 0. The Morgan fingerprint density at radius 1 is 1.15 bits per heavy atom. The quantitative estimate of drug-likeness (QED) is 0.773. The standard InChI is InChI=1S/C16H28N4/c1-3-7-17-14-15-6-5-8-18-16(15)20-12-10-19(9-4-2)11-13-20/h5-6,8,17H,3-4,7,9-14H2,1-2H3. The van der Waals surface area contributed by atoms with E-state index in [0.29, 0.717) is 0 Å². The van der Waals surface area contributed by atoms with Gasteiger partial charge >= 0.3 is 0 Å². The summed E-state index contributed by atoms with van der Waals surface area (Å²) in [4.78, 5) is 9.61. The monoisotopic (exact) mass is 276 g/mol. The van der Waals surface area contributed by atoms with E-state index < -0.39 is 0 Å². The van der Waals surface area contributed by atoms with E-state index in [1.54, 1.807) is 0 Å². The SMILES string of the molecule is CCCNCc1cccnc1N1CCN(CCC)CC1. The minimum absolute atomic E-state index is 0.923. The number of pyridine rings is 1. The summed E-state index contributed by atoms with van der Waals surface area (Å²) in [5.74, 6) is 1.17. The second-order valence-electron chi connectivity index (χ2n) is 5.49. The van der Waals surface area contributed by atoms with E-state index >= 15 is 0 Å². The van der Waals surface area contributed by atoms with Crippen molar-refractivity contribution >= 4 is 5.82 Å². The zero-order valence-corrected chi connectivity index (χ0v) is 12.9. The first-order valence-corrected chi connectivity index (χ1v) is 7.97. The van der Waals surface area contributed by atoms with E-state index in [0.717, 1.165) is 39.3 Å². The zero-order valence-electron chi connectivity index (χ0n) is 12.9. The molecule has 4 nitrogen and oxygen atoms in total. The molecular formula is C16H28N4. The molecule has 1 fully saturated rings. The normalized spacial score (nSPS) is 16.6. The van der Waals surface area contributed by atoms with E-state index in [-0.39, 0.29) is 0 Å². The Morgan fingerprint density at radius 3 is 2.65 bits per heavy atom. The molecule has 0 aliphatic carbocycles. The second kappa shape index (κ2) is 8.22. The first-order valence-electron chi connectivity index (χ1n) is 7.97. The van der Waals surface area contributed by atoms with Gasteiger partial charge in [0.25, 0.3) is 0 Å². The van der Waals surface area contributed by atoms with Crippen molar-refractivity contribution in [2.24, 2.45) is 0 Å². The molecule has 1 saturated heterocycles. The smallest absolute Gasteiger partial charge is 0.133 e. The van der Waals surface area contributed by atoms with Gasteiger partial charge in [-0.25, -0.2) is 4.98 Å². The van der Waals surface area contributed by atoms with Gasteiger partial charge in [-0.15, -0.1) is 0 Å².